The highest BCUT2D eigenvalue weighted by Crippen LogP contribution is 2.37. The van der Waals surface area contributed by atoms with Crippen LogP contribution in [-0.2, 0) is 21.7 Å². The van der Waals surface area contributed by atoms with Crippen molar-refractivity contribution in [2.75, 3.05) is 10.6 Å². The second-order valence-corrected chi connectivity index (χ2v) is 16.5. The van der Waals surface area contributed by atoms with Crippen molar-refractivity contribution in [2.24, 2.45) is 0 Å². The van der Waals surface area contributed by atoms with Gasteiger partial charge in [-0.1, -0.05) is 76.9 Å². The van der Waals surface area contributed by atoms with Gasteiger partial charge in [0.2, 0.25) is 0 Å². The molecule has 4 rings (SSSR count). The summed E-state index contributed by atoms with van der Waals surface area (Å²) >= 11 is 13.1. The van der Waals surface area contributed by atoms with Gasteiger partial charge in [-0.3, -0.25) is 9.59 Å². The third kappa shape index (κ3) is 8.42. The van der Waals surface area contributed by atoms with Crippen molar-refractivity contribution in [3.8, 4) is 23.4 Å². The predicted octanol–water partition coefficient (Wildman–Crippen LogP) is 10.9. The zero-order chi connectivity index (χ0) is 38.3. The lowest BCUT2D eigenvalue weighted by Gasteiger charge is -2.23. The summed E-state index contributed by atoms with van der Waals surface area (Å²) in [6.07, 6.45) is 0. The molecule has 0 saturated carbocycles. The highest BCUT2D eigenvalue weighted by molar-refractivity contribution is 6.34. The molecule has 10 heteroatoms. The first kappa shape index (κ1) is 39.0. The minimum atomic E-state index is -1.05. The van der Waals surface area contributed by atoms with Gasteiger partial charge in [0.05, 0.1) is 45.1 Å². The number of aromatic nitrogens is 1. The van der Waals surface area contributed by atoms with Crippen molar-refractivity contribution >= 4 is 46.4 Å². The Kier molecular flexibility index (Phi) is 10.8. The molecule has 0 aliphatic carbocycles. The molecule has 0 aliphatic heterocycles. The number of benzene rings is 3. The van der Waals surface area contributed by atoms with Gasteiger partial charge in [0, 0.05) is 21.7 Å². The minimum Gasteiger partial charge on any atom is -0.319 e. The molecule has 4 aromatic rings. The summed E-state index contributed by atoms with van der Waals surface area (Å²) in [5.41, 5.74) is 0.304. The largest absolute Gasteiger partial charge is 0.319 e. The second-order valence-electron chi connectivity index (χ2n) is 15.8. The smallest absolute Gasteiger partial charge is 0.274 e. The maximum absolute atomic E-state index is 15.7. The molecule has 1 heterocycles. The molecule has 3 aromatic carbocycles. The predicted molar refractivity (Wildman–Crippen MR) is 203 cm³/mol. The van der Waals surface area contributed by atoms with E-state index in [0.717, 1.165) is 5.56 Å². The van der Waals surface area contributed by atoms with Gasteiger partial charge in [-0.05, 0) is 104 Å². The number of nitrogens with one attached hydrogen (secondary N) is 2. The van der Waals surface area contributed by atoms with Gasteiger partial charge in [0.15, 0.2) is 5.82 Å². The molecule has 0 bridgehead atoms. The minimum absolute atomic E-state index is 0.0111. The SMILES string of the molecule is CC(C)(C)c1cccc(NC(=O)c2cc(C(C)(C)C#N)cc(-c3cc(C(=O)Nc4ccc(Cl)c(C(C)(C)C)c4F)cc(C(C)(C)C#N)c3)n2)c1Cl. The monoisotopic (exact) mass is 725 g/mol. The summed E-state index contributed by atoms with van der Waals surface area (Å²) in [5.74, 6) is -1.83. The number of halogens is 3. The molecule has 0 spiro atoms. The van der Waals surface area contributed by atoms with E-state index in [1.165, 1.54) is 12.1 Å². The normalized spacial score (nSPS) is 12.1. The van der Waals surface area contributed by atoms with Crippen molar-refractivity contribution in [2.45, 2.75) is 90.9 Å². The van der Waals surface area contributed by atoms with Crippen molar-refractivity contribution in [3.05, 3.63) is 110 Å². The van der Waals surface area contributed by atoms with Crippen molar-refractivity contribution in [1.29, 1.82) is 10.5 Å². The fourth-order valence-electron chi connectivity index (χ4n) is 5.48. The van der Waals surface area contributed by atoms with Crippen LogP contribution in [0.3, 0.4) is 0 Å². The Labute approximate surface area is 309 Å². The molecule has 1 aromatic heterocycles. The quantitative estimate of drug-likeness (QED) is 0.196. The molecule has 0 radical (unpaired) electrons. The van der Waals surface area contributed by atoms with E-state index in [2.05, 4.69) is 22.8 Å². The summed E-state index contributed by atoms with van der Waals surface area (Å²) in [7, 11) is 0. The Morgan fingerprint density at radius 3 is 1.88 bits per heavy atom. The van der Waals surface area contributed by atoms with E-state index in [4.69, 9.17) is 28.2 Å². The molecule has 2 amide bonds. The lowest BCUT2D eigenvalue weighted by Crippen LogP contribution is -2.21. The maximum atomic E-state index is 15.7. The molecule has 51 heavy (non-hydrogen) atoms. The summed E-state index contributed by atoms with van der Waals surface area (Å²) in [6, 6.07) is 21.0. The van der Waals surface area contributed by atoms with E-state index in [9.17, 15) is 20.1 Å². The molecule has 2 N–H and O–H groups in total. The number of pyridine rings is 1. The van der Waals surface area contributed by atoms with Crippen LogP contribution in [0, 0.1) is 28.5 Å². The van der Waals surface area contributed by atoms with Gasteiger partial charge in [-0.25, -0.2) is 9.37 Å². The number of anilines is 2. The van der Waals surface area contributed by atoms with Crippen LogP contribution < -0.4 is 10.6 Å². The summed E-state index contributed by atoms with van der Waals surface area (Å²) in [5, 5.41) is 26.3. The Morgan fingerprint density at radius 1 is 0.725 bits per heavy atom. The number of rotatable bonds is 7. The zero-order valence-corrected chi connectivity index (χ0v) is 32.1. The van der Waals surface area contributed by atoms with E-state index >= 15 is 4.39 Å². The van der Waals surface area contributed by atoms with Crippen molar-refractivity contribution in [1.82, 2.24) is 4.98 Å². The Morgan fingerprint density at radius 2 is 1.31 bits per heavy atom. The molecule has 0 atom stereocenters. The van der Waals surface area contributed by atoms with Gasteiger partial charge in [0.1, 0.15) is 5.69 Å². The van der Waals surface area contributed by atoms with E-state index in [-0.39, 0.29) is 38.6 Å². The average molecular weight is 727 g/mol. The lowest BCUT2D eigenvalue weighted by molar-refractivity contribution is 0.101. The molecule has 0 aliphatic rings. The molecule has 0 fully saturated rings. The summed E-state index contributed by atoms with van der Waals surface area (Å²) < 4.78 is 15.7. The second kappa shape index (κ2) is 14.1. The number of nitrogens with zero attached hydrogens (tertiary/aromatic N) is 3. The molecular weight excluding hydrogens is 684 g/mol. The van der Waals surface area contributed by atoms with Crippen LogP contribution in [0.2, 0.25) is 10.0 Å². The number of carbonyl (C=O) groups excluding carboxylic acids is 2. The fraction of sp³-hybridized carbons (Fsp3) is 0.341. The first-order valence-corrected chi connectivity index (χ1v) is 17.2. The van der Waals surface area contributed by atoms with E-state index in [0.29, 0.717) is 27.4 Å². The number of amides is 2. The zero-order valence-electron chi connectivity index (χ0n) is 30.6. The number of carbonyl (C=O) groups is 2. The standard InChI is InChI=1S/C41H42Cl2FN5O2/c1-38(2,3)27-12-11-13-29(34(27)43)48-37(51)32-20-26(41(9,10)22-46)19-31(47-32)23-16-24(18-25(17-23)40(7,8)21-45)36(50)49-30-15-14-28(42)33(35(30)44)39(4,5)6/h11-20H,1-10H3,(H,48,51)(H,49,50). The molecular formula is C41H42Cl2FN5O2. The van der Waals surface area contributed by atoms with Crippen LogP contribution in [0.4, 0.5) is 15.8 Å². The molecule has 0 unspecified atom stereocenters. The van der Waals surface area contributed by atoms with Crippen LogP contribution in [0.15, 0.2) is 60.7 Å². The lowest BCUT2D eigenvalue weighted by atomic mass is 9.82. The summed E-state index contributed by atoms with van der Waals surface area (Å²) in [4.78, 5) is 32.3. The Hall–Kier alpha value is -4.76. The van der Waals surface area contributed by atoms with Crippen molar-refractivity contribution < 1.29 is 14.0 Å². The van der Waals surface area contributed by atoms with Crippen LogP contribution >= 0.6 is 23.2 Å². The third-order valence-corrected chi connectivity index (χ3v) is 9.42. The van der Waals surface area contributed by atoms with Crippen LogP contribution in [0.25, 0.3) is 11.3 Å². The van der Waals surface area contributed by atoms with Gasteiger partial charge in [-0.2, -0.15) is 10.5 Å². The maximum Gasteiger partial charge on any atom is 0.274 e. The molecule has 0 saturated heterocycles. The number of hydrogen-bond acceptors (Lipinski definition) is 5. The Bertz CT molecular complexity index is 2130. The van der Waals surface area contributed by atoms with Crippen LogP contribution in [-0.4, -0.2) is 16.8 Å². The Balaban J connectivity index is 1.88. The van der Waals surface area contributed by atoms with Crippen LogP contribution in [0.5, 0.6) is 0 Å². The van der Waals surface area contributed by atoms with Gasteiger partial charge < -0.3 is 10.6 Å². The van der Waals surface area contributed by atoms with E-state index in [1.807, 2.05) is 53.7 Å². The first-order valence-electron chi connectivity index (χ1n) is 16.4. The fourth-order valence-corrected chi connectivity index (χ4v) is 6.36. The molecule has 7 nitrogen and oxygen atoms in total. The van der Waals surface area contributed by atoms with Crippen molar-refractivity contribution in [3.63, 3.8) is 0 Å². The highest BCUT2D eigenvalue weighted by Gasteiger charge is 2.29. The highest BCUT2D eigenvalue weighted by atomic mass is 35.5. The van der Waals surface area contributed by atoms with Gasteiger partial charge in [-0.15, -0.1) is 0 Å². The first-order chi connectivity index (χ1) is 23.5. The average Bonchev–Trinajstić information content (AvgIpc) is 3.05. The van der Waals surface area contributed by atoms with E-state index < -0.39 is 33.9 Å². The third-order valence-electron chi connectivity index (χ3n) is 8.70. The van der Waals surface area contributed by atoms with E-state index in [1.54, 1.807) is 64.1 Å². The number of hydrogen-bond donors (Lipinski definition) is 2. The molecule has 264 valence electrons. The van der Waals surface area contributed by atoms with Gasteiger partial charge >= 0.3 is 0 Å². The number of nitriles is 2. The summed E-state index contributed by atoms with van der Waals surface area (Å²) in [6.45, 7) is 18.4. The topological polar surface area (TPSA) is 119 Å². The van der Waals surface area contributed by atoms with Crippen LogP contribution in [0.1, 0.15) is 112 Å². The van der Waals surface area contributed by atoms with Gasteiger partial charge in [0.25, 0.3) is 11.8 Å².